The molecule has 2 N–H and O–H groups in total. The number of benzene rings is 1. The van der Waals surface area contributed by atoms with Crippen LogP contribution in [0.3, 0.4) is 0 Å². The Labute approximate surface area is 126 Å². The van der Waals surface area contributed by atoms with Crippen LogP contribution in [0.5, 0.6) is 0 Å². The maximum absolute atomic E-state index is 12.0. The van der Waals surface area contributed by atoms with Crippen molar-refractivity contribution in [1.29, 1.82) is 0 Å². The van der Waals surface area contributed by atoms with Gasteiger partial charge in [-0.3, -0.25) is 4.79 Å². The summed E-state index contributed by atoms with van der Waals surface area (Å²) >= 11 is 0. The number of carbonyl (C=O) groups is 1. The van der Waals surface area contributed by atoms with Gasteiger partial charge in [0.05, 0.1) is 6.61 Å². The highest BCUT2D eigenvalue weighted by molar-refractivity contribution is 5.94. The second-order valence-corrected chi connectivity index (χ2v) is 4.76. The first-order valence-electron chi connectivity index (χ1n) is 7.16. The minimum atomic E-state index is -0.0855. The van der Waals surface area contributed by atoms with Crippen LogP contribution >= 0.6 is 0 Å². The number of methoxy groups -OCH3 is 1. The number of nitrogens with one attached hydrogen (secondary N) is 1. The molecule has 0 aliphatic carbocycles. The summed E-state index contributed by atoms with van der Waals surface area (Å²) in [5.74, 6) is 5.78. The van der Waals surface area contributed by atoms with Crippen molar-refractivity contribution < 1.29 is 14.6 Å². The Morgan fingerprint density at radius 3 is 2.90 bits per heavy atom. The van der Waals surface area contributed by atoms with Crippen molar-refractivity contribution >= 4 is 5.91 Å². The lowest BCUT2D eigenvalue weighted by atomic mass is 10.0. The van der Waals surface area contributed by atoms with Crippen LogP contribution in [-0.4, -0.2) is 37.9 Å². The first-order chi connectivity index (χ1) is 10.2. The van der Waals surface area contributed by atoms with E-state index in [0.29, 0.717) is 25.1 Å². The second kappa shape index (κ2) is 9.98. The molecule has 1 aromatic carbocycles. The molecule has 4 heteroatoms. The molecule has 114 valence electrons. The van der Waals surface area contributed by atoms with Crippen molar-refractivity contribution in [1.82, 2.24) is 5.32 Å². The lowest BCUT2D eigenvalue weighted by Gasteiger charge is -2.06. The van der Waals surface area contributed by atoms with Crippen LogP contribution in [0.2, 0.25) is 0 Å². The van der Waals surface area contributed by atoms with E-state index >= 15 is 0 Å². The van der Waals surface area contributed by atoms with E-state index in [4.69, 9.17) is 9.84 Å². The van der Waals surface area contributed by atoms with Gasteiger partial charge in [0.2, 0.25) is 0 Å². The van der Waals surface area contributed by atoms with Crippen molar-refractivity contribution in [2.24, 2.45) is 0 Å². The van der Waals surface area contributed by atoms with Crippen LogP contribution in [0.1, 0.15) is 40.7 Å². The molecular formula is C17H23NO3. The van der Waals surface area contributed by atoms with E-state index in [1.807, 2.05) is 13.0 Å². The lowest BCUT2D eigenvalue weighted by Crippen LogP contribution is -2.24. The van der Waals surface area contributed by atoms with Crippen LogP contribution in [0.25, 0.3) is 0 Å². The molecule has 0 radical (unpaired) electrons. The van der Waals surface area contributed by atoms with Gasteiger partial charge in [-0.15, -0.1) is 0 Å². The number of rotatable bonds is 7. The molecule has 0 atom stereocenters. The highest BCUT2D eigenvalue weighted by Gasteiger charge is 2.06. The van der Waals surface area contributed by atoms with Gasteiger partial charge in [0.25, 0.3) is 5.91 Å². The average molecular weight is 289 g/mol. The number of amides is 1. The fraction of sp³-hybridized carbons (Fsp3) is 0.471. The Kier molecular flexibility index (Phi) is 8.18. The van der Waals surface area contributed by atoms with Crippen LogP contribution < -0.4 is 5.32 Å². The summed E-state index contributed by atoms with van der Waals surface area (Å²) in [6, 6.07) is 5.49. The molecular weight excluding hydrogens is 266 g/mol. The van der Waals surface area contributed by atoms with Crippen LogP contribution in [-0.2, 0) is 4.74 Å². The summed E-state index contributed by atoms with van der Waals surface area (Å²) in [5.41, 5.74) is 2.47. The van der Waals surface area contributed by atoms with Gasteiger partial charge in [0.15, 0.2) is 0 Å². The summed E-state index contributed by atoms with van der Waals surface area (Å²) in [6.07, 6.45) is 2.27. The smallest absolute Gasteiger partial charge is 0.251 e. The molecule has 0 saturated heterocycles. The summed E-state index contributed by atoms with van der Waals surface area (Å²) in [5, 5.41) is 11.6. The molecule has 1 aromatic rings. The molecule has 0 heterocycles. The Hall–Kier alpha value is -1.83. The first-order valence-corrected chi connectivity index (χ1v) is 7.16. The molecule has 0 aliphatic heterocycles. The van der Waals surface area contributed by atoms with Gasteiger partial charge in [-0.05, 0) is 37.5 Å². The van der Waals surface area contributed by atoms with Gasteiger partial charge in [-0.2, -0.15) is 0 Å². The number of aryl methyl sites for hydroxylation is 1. The van der Waals surface area contributed by atoms with Crippen LogP contribution in [0, 0.1) is 18.8 Å². The highest BCUT2D eigenvalue weighted by atomic mass is 16.5. The zero-order chi connectivity index (χ0) is 15.5. The molecule has 0 bridgehead atoms. The predicted molar refractivity (Wildman–Crippen MR) is 83.2 cm³/mol. The third kappa shape index (κ3) is 6.44. The SMILES string of the molecule is COCCCCNC(=O)c1ccc(C)c(C#CCCO)c1. The number of carbonyl (C=O) groups excluding carboxylic acids is 1. The summed E-state index contributed by atoms with van der Waals surface area (Å²) < 4.78 is 4.96. The van der Waals surface area contributed by atoms with Gasteiger partial charge < -0.3 is 15.2 Å². The number of unbranched alkanes of at least 4 members (excludes halogenated alkanes) is 1. The standard InChI is InChI=1S/C17H23NO3/c1-14-8-9-16(13-15(14)7-3-5-11-19)17(20)18-10-4-6-12-21-2/h8-9,13,19H,4-6,10-12H2,1-2H3,(H,18,20). The Morgan fingerprint density at radius 1 is 1.38 bits per heavy atom. The van der Waals surface area contributed by atoms with Crippen molar-refractivity contribution in [3.05, 3.63) is 34.9 Å². The molecule has 0 spiro atoms. The number of ether oxygens (including phenoxy) is 1. The topological polar surface area (TPSA) is 58.6 Å². The molecule has 0 aromatic heterocycles. The Balaban J connectivity index is 2.60. The fourth-order valence-corrected chi connectivity index (χ4v) is 1.79. The maximum Gasteiger partial charge on any atom is 0.251 e. The summed E-state index contributed by atoms with van der Waals surface area (Å²) in [4.78, 5) is 12.0. The minimum Gasteiger partial charge on any atom is -0.395 e. The number of hydrogen-bond donors (Lipinski definition) is 2. The minimum absolute atomic E-state index is 0.0493. The molecule has 1 rings (SSSR count). The molecule has 1 amide bonds. The van der Waals surface area contributed by atoms with Crippen molar-refractivity contribution in [3.8, 4) is 11.8 Å². The molecule has 0 fully saturated rings. The number of aliphatic hydroxyl groups excluding tert-OH is 1. The normalized spacial score (nSPS) is 9.86. The molecule has 0 saturated carbocycles. The van der Waals surface area contributed by atoms with Crippen LogP contribution in [0.4, 0.5) is 0 Å². The first kappa shape index (κ1) is 17.2. The zero-order valence-electron chi connectivity index (χ0n) is 12.7. The van der Waals surface area contributed by atoms with Crippen molar-refractivity contribution in [2.75, 3.05) is 26.9 Å². The average Bonchev–Trinajstić information content (AvgIpc) is 2.49. The Morgan fingerprint density at radius 2 is 2.19 bits per heavy atom. The van der Waals surface area contributed by atoms with Gasteiger partial charge in [0.1, 0.15) is 0 Å². The van der Waals surface area contributed by atoms with E-state index < -0.39 is 0 Å². The molecule has 4 nitrogen and oxygen atoms in total. The third-order valence-corrected chi connectivity index (χ3v) is 3.02. The highest BCUT2D eigenvalue weighted by Crippen LogP contribution is 2.10. The number of aliphatic hydroxyl groups is 1. The lowest BCUT2D eigenvalue weighted by molar-refractivity contribution is 0.0951. The molecule has 0 unspecified atom stereocenters. The fourth-order valence-electron chi connectivity index (χ4n) is 1.79. The predicted octanol–water partition coefficient (Wildman–Crippen LogP) is 1.89. The third-order valence-electron chi connectivity index (χ3n) is 3.02. The summed E-state index contributed by atoms with van der Waals surface area (Å²) in [6.45, 7) is 3.36. The van der Waals surface area contributed by atoms with Crippen molar-refractivity contribution in [3.63, 3.8) is 0 Å². The quantitative estimate of drug-likeness (QED) is 0.595. The number of hydrogen-bond acceptors (Lipinski definition) is 3. The second-order valence-electron chi connectivity index (χ2n) is 4.76. The van der Waals surface area contributed by atoms with E-state index in [1.54, 1.807) is 19.2 Å². The van der Waals surface area contributed by atoms with Gasteiger partial charge >= 0.3 is 0 Å². The van der Waals surface area contributed by atoms with Gasteiger partial charge in [0, 0.05) is 37.8 Å². The molecule has 21 heavy (non-hydrogen) atoms. The largest absolute Gasteiger partial charge is 0.395 e. The van der Waals surface area contributed by atoms with Gasteiger partial charge in [-0.1, -0.05) is 17.9 Å². The van der Waals surface area contributed by atoms with E-state index in [-0.39, 0.29) is 12.5 Å². The molecule has 0 aliphatic rings. The van der Waals surface area contributed by atoms with E-state index in [2.05, 4.69) is 17.2 Å². The van der Waals surface area contributed by atoms with Crippen LogP contribution in [0.15, 0.2) is 18.2 Å². The zero-order valence-corrected chi connectivity index (χ0v) is 12.7. The summed E-state index contributed by atoms with van der Waals surface area (Å²) in [7, 11) is 1.67. The Bertz CT molecular complexity index is 515. The van der Waals surface area contributed by atoms with Crippen molar-refractivity contribution in [2.45, 2.75) is 26.2 Å². The van der Waals surface area contributed by atoms with E-state index in [1.165, 1.54) is 0 Å². The van der Waals surface area contributed by atoms with E-state index in [9.17, 15) is 4.79 Å². The van der Waals surface area contributed by atoms with E-state index in [0.717, 1.165) is 24.0 Å². The van der Waals surface area contributed by atoms with Gasteiger partial charge in [-0.25, -0.2) is 0 Å². The maximum atomic E-state index is 12.0. The monoisotopic (exact) mass is 289 g/mol.